The normalized spacial score (nSPS) is 13.9. The number of sulfonamides is 1. The molecule has 2 aromatic rings. The second-order valence-corrected chi connectivity index (χ2v) is 6.37. The number of hydrogen-bond acceptors (Lipinski definition) is 5. The third-order valence-electron chi connectivity index (χ3n) is 2.19. The molecule has 2 aromatic heterocycles. The Morgan fingerprint density at radius 2 is 2.33 bits per heavy atom. The number of rotatable bonds is 4. The number of hydrogen-bond donors (Lipinski definition) is 2. The molecule has 0 aromatic carbocycles. The van der Waals surface area contributed by atoms with Gasteiger partial charge >= 0.3 is 0 Å². The molecule has 10 heteroatoms. The van der Waals surface area contributed by atoms with Crippen molar-refractivity contribution in [3.63, 3.8) is 0 Å². The average Bonchev–Trinajstić information content (AvgIpc) is 2.75. The van der Waals surface area contributed by atoms with Crippen LogP contribution in [0.1, 0.15) is 6.92 Å². The van der Waals surface area contributed by atoms with Gasteiger partial charge in [-0.1, -0.05) is 11.6 Å². The number of aromatic nitrogens is 2. The maximum atomic E-state index is 12.1. The predicted molar refractivity (Wildman–Crippen MR) is 67.1 cm³/mol. The van der Waals surface area contributed by atoms with Crippen LogP contribution in [0.2, 0.25) is 5.15 Å². The molecule has 0 aliphatic heterocycles. The minimum absolute atomic E-state index is 0.147. The quantitative estimate of drug-likeness (QED) is 0.841. The Hall–Kier alpha value is -1.16. The molecule has 0 aliphatic carbocycles. The highest BCUT2D eigenvalue weighted by Crippen LogP contribution is 2.25. The summed E-state index contributed by atoms with van der Waals surface area (Å²) in [5.74, 6) is -0.777. The maximum absolute atomic E-state index is 12.1. The van der Waals surface area contributed by atoms with Crippen LogP contribution in [0, 0.1) is 0 Å². The van der Waals surface area contributed by atoms with Gasteiger partial charge in [0.15, 0.2) is 15.1 Å². The highest BCUT2D eigenvalue weighted by atomic mass is 35.5. The largest absolute Gasteiger partial charge is 0.368 e. The van der Waals surface area contributed by atoms with Crippen molar-refractivity contribution >= 4 is 43.8 Å². The van der Waals surface area contributed by atoms with E-state index in [-0.39, 0.29) is 10.2 Å². The highest BCUT2D eigenvalue weighted by Gasteiger charge is 2.27. The van der Waals surface area contributed by atoms with Crippen molar-refractivity contribution in [1.29, 1.82) is 0 Å². The van der Waals surface area contributed by atoms with E-state index in [9.17, 15) is 13.2 Å². The van der Waals surface area contributed by atoms with Crippen LogP contribution < -0.4 is 10.5 Å². The van der Waals surface area contributed by atoms with Gasteiger partial charge < -0.3 is 5.73 Å². The lowest BCUT2D eigenvalue weighted by atomic mass is 10.4. The van der Waals surface area contributed by atoms with E-state index in [1.54, 1.807) is 5.38 Å². The molecule has 2 rings (SSSR count). The molecule has 1 atom stereocenters. The molecule has 0 spiro atoms. The lowest BCUT2D eigenvalue weighted by Gasteiger charge is -2.10. The molecular formula is C8H9ClN4O3S2. The molecule has 0 bridgehead atoms. The summed E-state index contributed by atoms with van der Waals surface area (Å²) in [6, 6.07) is -1.03. The highest BCUT2D eigenvalue weighted by molar-refractivity contribution is 7.89. The zero-order chi connectivity index (χ0) is 13.5. The van der Waals surface area contributed by atoms with Crippen LogP contribution in [0.5, 0.6) is 0 Å². The predicted octanol–water partition coefficient (Wildman–Crippen LogP) is 0.201. The SMILES string of the molecule is CC(NS(=O)(=O)c1c(Cl)nc2sccn12)C(N)=O. The van der Waals surface area contributed by atoms with E-state index in [1.165, 1.54) is 28.9 Å². The van der Waals surface area contributed by atoms with Crippen LogP contribution in [0.3, 0.4) is 0 Å². The van der Waals surface area contributed by atoms with Crippen LogP contribution in [0.4, 0.5) is 0 Å². The lowest BCUT2D eigenvalue weighted by molar-refractivity contribution is -0.119. The number of fused-ring (bicyclic) bond motifs is 1. The second kappa shape index (κ2) is 4.50. The lowest BCUT2D eigenvalue weighted by Crippen LogP contribution is -2.42. The van der Waals surface area contributed by atoms with E-state index in [1.807, 2.05) is 0 Å². The molecule has 98 valence electrons. The Labute approximate surface area is 112 Å². The van der Waals surface area contributed by atoms with Crippen molar-refractivity contribution < 1.29 is 13.2 Å². The molecule has 1 amide bonds. The van der Waals surface area contributed by atoms with Gasteiger partial charge in [-0.05, 0) is 6.92 Å². The van der Waals surface area contributed by atoms with Crippen LogP contribution >= 0.6 is 22.9 Å². The van der Waals surface area contributed by atoms with Crippen LogP contribution in [0.25, 0.3) is 4.96 Å². The van der Waals surface area contributed by atoms with Gasteiger partial charge in [-0.15, -0.1) is 11.3 Å². The zero-order valence-corrected chi connectivity index (χ0v) is 11.5. The first-order valence-electron chi connectivity index (χ1n) is 4.75. The fourth-order valence-corrected chi connectivity index (χ4v) is 3.99. The number of carbonyl (C=O) groups is 1. The standard InChI is InChI=1S/C8H9ClN4O3S2/c1-4(6(10)14)12-18(15,16)7-5(9)11-8-13(7)2-3-17-8/h2-4,12H,1H3,(H2,10,14). The van der Waals surface area contributed by atoms with E-state index in [0.717, 1.165) is 0 Å². The molecule has 0 saturated carbocycles. The fraction of sp³-hybridized carbons (Fsp3) is 0.250. The van der Waals surface area contributed by atoms with Crippen molar-refractivity contribution in [1.82, 2.24) is 14.1 Å². The summed E-state index contributed by atoms with van der Waals surface area (Å²) in [6.07, 6.45) is 1.53. The Morgan fingerprint density at radius 3 is 2.94 bits per heavy atom. The van der Waals surface area contributed by atoms with Gasteiger partial charge in [0.2, 0.25) is 5.91 Å². The minimum Gasteiger partial charge on any atom is -0.368 e. The maximum Gasteiger partial charge on any atom is 0.260 e. The van der Waals surface area contributed by atoms with E-state index in [2.05, 4.69) is 9.71 Å². The smallest absolute Gasteiger partial charge is 0.260 e. The number of primary amides is 1. The van der Waals surface area contributed by atoms with E-state index < -0.39 is 22.0 Å². The first kappa shape index (κ1) is 13.3. The van der Waals surface area contributed by atoms with E-state index in [4.69, 9.17) is 17.3 Å². The number of carbonyl (C=O) groups excluding carboxylic acids is 1. The number of nitrogens with zero attached hydrogens (tertiary/aromatic N) is 2. The Morgan fingerprint density at radius 1 is 1.67 bits per heavy atom. The molecule has 0 radical (unpaired) electrons. The Kier molecular flexibility index (Phi) is 3.32. The number of thiazole rings is 1. The molecule has 0 aliphatic rings. The summed E-state index contributed by atoms with van der Waals surface area (Å²) in [4.78, 5) is 15.2. The third-order valence-corrected chi connectivity index (χ3v) is 4.89. The van der Waals surface area contributed by atoms with Crippen LogP contribution in [0.15, 0.2) is 16.6 Å². The van der Waals surface area contributed by atoms with Gasteiger partial charge in [0.05, 0.1) is 6.04 Å². The average molecular weight is 309 g/mol. The van der Waals surface area contributed by atoms with Crippen molar-refractivity contribution in [2.24, 2.45) is 5.73 Å². The van der Waals surface area contributed by atoms with Crippen molar-refractivity contribution in [2.45, 2.75) is 18.0 Å². The van der Waals surface area contributed by atoms with Gasteiger partial charge in [-0.25, -0.2) is 13.4 Å². The molecule has 3 N–H and O–H groups in total. The van der Waals surface area contributed by atoms with E-state index >= 15 is 0 Å². The molecule has 0 fully saturated rings. The summed E-state index contributed by atoms with van der Waals surface area (Å²) in [5.41, 5.74) is 5.01. The number of imidazole rings is 1. The summed E-state index contributed by atoms with van der Waals surface area (Å²) in [6.45, 7) is 1.35. The first-order chi connectivity index (χ1) is 8.33. The number of amides is 1. The zero-order valence-electron chi connectivity index (χ0n) is 9.12. The Balaban J connectivity index is 2.49. The number of halogens is 1. The van der Waals surface area contributed by atoms with Crippen molar-refractivity contribution in [3.05, 3.63) is 16.7 Å². The minimum atomic E-state index is -3.96. The summed E-state index contributed by atoms with van der Waals surface area (Å²) in [5, 5.41) is 1.33. The first-order valence-corrected chi connectivity index (χ1v) is 7.49. The third kappa shape index (κ3) is 2.21. The fourth-order valence-electron chi connectivity index (χ4n) is 1.33. The van der Waals surface area contributed by atoms with Crippen molar-refractivity contribution in [2.75, 3.05) is 0 Å². The number of nitrogens with two attached hydrogens (primary N) is 1. The molecule has 0 saturated heterocycles. The van der Waals surface area contributed by atoms with Gasteiger partial charge in [0.1, 0.15) is 0 Å². The molecule has 1 unspecified atom stereocenters. The van der Waals surface area contributed by atoms with Crippen molar-refractivity contribution in [3.8, 4) is 0 Å². The van der Waals surface area contributed by atoms with Gasteiger partial charge in [0, 0.05) is 11.6 Å². The second-order valence-electron chi connectivity index (χ2n) is 3.51. The topological polar surface area (TPSA) is 107 Å². The summed E-state index contributed by atoms with van der Waals surface area (Å²) in [7, 11) is -3.96. The summed E-state index contributed by atoms with van der Waals surface area (Å²) < 4.78 is 27.6. The molecule has 2 heterocycles. The molecule has 7 nitrogen and oxygen atoms in total. The number of nitrogens with one attached hydrogen (secondary N) is 1. The van der Waals surface area contributed by atoms with Gasteiger partial charge in [-0.3, -0.25) is 9.20 Å². The molecule has 18 heavy (non-hydrogen) atoms. The van der Waals surface area contributed by atoms with Crippen LogP contribution in [-0.2, 0) is 14.8 Å². The summed E-state index contributed by atoms with van der Waals surface area (Å²) >= 11 is 7.04. The van der Waals surface area contributed by atoms with Crippen LogP contribution in [-0.4, -0.2) is 29.8 Å². The van der Waals surface area contributed by atoms with Gasteiger partial charge in [0.25, 0.3) is 10.0 Å². The van der Waals surface area contributed by atoms with E-state index in [0.29, 0.717) is 4.96 Å². The monoisotopic (exact) mass is 308 g/mol. The Bertz CT molecular complexity index is 705. The molecular weight excluding hydrogens is 300 g/mol. The van der Waals surface area contributed by atoms with Gasteiger partial charge in [-0.2, -0.15) is 4.72 Å².